The number of amides is 1. The third-order valence-corrected chi connectivity index (χ3v) is 6.23. The lowest BCUT2D eigenvalue weighted by Gasteiger charge is -2.18. The highest BCUT2D eigenvalue weighted by atomic mass is 32.2. The molecule has 158 valence electrons. The number of fused-ring (bicyclic) bond motifs is 1. The first kappa shape index (κ1) is 22.1. The maximum Gasteiger partial charge on any atom is 0.262 e. The monoisotopic (exact) mass is 423 g/mol. The quantitative estimate of drug-likeness (QED) is 0.420. The number of thioether (sulfide) groups is 1. The van der Waals surface area contributed by atoms with Gasteiger partial charge in [0.15, 0.2) is 5.16 Å². The topological polar surface area (TPSA) is 64.0 Å². The van der Waals surface area contributed by atoms with Gasteiger partial charge in [-0.3, -0.25) is 14.2 Å². The van der Waals surface area contributed by atoms with Crippen LogP contribution in [0.15, 0.2) is 52.4 Å². The number of aromatic nitrogens is 2. The molecule has 0 fully saturated rings. The fourth-order valence-corrected chi connectivity index (χ4v) is 4.20. The van der Waals surface area contributed by atoms with E-state index in [-0.39, 0.29) is 11.5 Å². The standard InChI is InChI=1S/C24H29N3O2S/c1-15(2)13-14-27-23(29)19-11-6-7-12-20(19)25-24(27)30-18(5)22(28)26-21-16(3)9-8-10-17(21)4/h6-12,15,18H,13-14H2,1-5H3,(H,26,28)/t18-/m0/s1. The molecular weight excluding hydrogens is 394 g/mol. The predicted molar refractivity (Wildman–Crippen MR) is 125 cm³/mol. The molecule has 0 saturated carbocycles. The zero-order valence-electron chi connectivity index (χ0n) is 18.2. The molecule has 3 rings (SSSR count). The van der Waals surface area contributed by atoms with Gasteiger partial charge in [-0.05, 0) is 56.4 Å². The maximum absolute atomic E-state index is 13.1. The summed E-state index contributed by atoms with van der Waals surface area (Å²) in [6.45, 7) is 10.7. The van der Waals surface area contributed by atoms with Crippen molar-refractivity contribution in [3.8, 4) is 0 Å². The fourth-order valence-electron chi connectivity index (χ4n) is 3.27. The van der Waals surface area contributed by atoms with Gasteiger partial charge in [0.1, 0.15) is 0 Å². The minimum Gasteiger partial charge on any atom is -0.325 e. The van der Waals surface area contributed by atoms with Crippen LogP contribution < -0.4 is 10.9 Å². The van der Waals surface area contributed by atoms with Gasteiger partial charge in [-0.2, -0.15) is 0 Å². The van der Waals surface area contributed by atoms with E-state index in [2.05, 4.69) is 19.2 Å². The van der Waals surface area contributed by atoms with E-state index in [0.29, 0.717) is 28.5 Å². The van der Waals surface area contributed by atoms with Crippen LogP contribution in [-0.4, -0.2) is 20.7 Å². The Labute approximate surface area is 181 Å². The van der Waals surface area contributed by atoms with Crippen molar-refractivity contribution in [1.82, 2.24) is 9.55 Å². The summed E-state index contributed by atoms with van der Waals surface area (Å²) < 4.78 is 1.72. The van der Waals surface area contributed by atoms with E-state index in [1.165, 1.54) is 11.8 Å². The second-order valence-electron chi connectivity index (χ2n) is 8.07. The average Bonchev–Trinajstić information content (AvgIpc) is 2.70. The van der Waals surface area contributed by atoms with Crippen LogP contribution in [0.5, 0.6) is 0 Å². The molecule has 3 aromatic rings. The average molecular weight is 424 g/mol. The molecule has 0 saturated heterocycles. The highest BCUT2D eigenvalue weighted by Gasteiger charge is 2.20. The molecule has 2 aromatic carbocycles. The lowest BCUT2D eigenvalue weighted by atomic mass is 10.1. The van der Waals surface area contributed by atoms with Gasteiger partial charge in [0, 0.05) is 12.2 Å². The van der Waals surface area contributed by atoms with E-state index in [1.54, 1.807) is 4.57 Å². The molecule has 0 unspecified atom stereocenters. The molecule has 0 radical (unpaired) electrons. The van der Waals surface area contributed by atoms with Crippen molar-refractivity contribution in [2.24, 2.45) is 5.92 Å². The van der Waals surface area contributed by atoms with Crippen LogP contribution in [-0.2, 0) is 11.3 Å². The van der Waals surface area contributed by atoms with E-state index in [1.807, 2.05) is 63.2 Å². The number of benzene rings is 2. The molecule has 30 heavy (non-hydrogen) atoms. The third-order valence-electron chi connectivity index (χ3n) is 5.14. The van der Waals surface area contributed by atoms with Gasteiger partial charge in [0.25, 0.3) is 5.56 Å². The van der Waals surface area contributed by atoms with Crippen molar-refractivity contribution in [2.45, 2.75) is 58.0 Å². The zero-order valence-corrected chi connectivity index (χ0v) is 19.0. The first-order chi connectivity index (χ1) is 14.3. The number of nitrogens with zero attached hydrogens (tertiary/aromatic N) is 2. The van der Waals surface area contributed by atoms with E-state index >= 15 is 0 Å². The van der Waals surface area contributed by atoms with Crippen molar-refractivity contribution < 1.29 is 4.79 Å². The molecule has 6 heteroatoms. The van der Waals surface area contributed by atoms with Crippen LogP contribution >= 0.6 is 11.8 Å². The summed E-state index contributed by atoms with van der Waals surface area (Å²) in [5, 5.41) is 3.84. The summed E-state index contributed by atoms with van der Waals surface area (Å²) in [5.74, 6) is 0.362. The summed E-state index contributed by atoms with van der Waals surface area (Å²) in [4.78, 5) is 30.7. The van der Waals surface area contributed by atoms with E-state index < -0.39 is 5.25 Å². The Balaban J connectivity index is 1.90. The summed E-state index contributed by atoms with van der Waals surface area (Å²) in [5.41, 5.74) is 3.51. The lowest BCUT2D eigenvalue weighted by Crippen LogP contribution is -2.27. The summed E-state index contributed by atoms with van der Waals surface area (Å²) in [6.07, 6.45) is 0.871. The van der Waals surface area contributed by atoms with Gasteiger partial charge in [0.05, 0.1) is 16.2 Å². The fraction of sp³-hybridized carbons (Fsp3) is 0.375. The Hall–Kier alpha value is -2.60. The summed E-state index contributed by atoms with van der Waals surface area (Å²) in [7, 11) is 0. The molecule has 0 aliphatic rings. The molecule has 1 amide bonds. The molecule has 1 atom stereocenters. The van der Waals surface area contributed by atoms with Crippen LogP contribution in [0.25, 0.3) is 10.9 Å². The van der Waals surface area contributed by atoms with Gasteiger partial charge in [-0.1, -0.05) is 55.9 Å². The van der Waals surface area contributed by atoms with Crippen LogP contribution in [0, 0.1) is 19.8 Å². The first-order valence-corrected chi connectivity index (χ1v) is 11.2. The van der Waals surface area contributed by atoms with Gasteiger partial charge in [-0.25, -0.2) is 4.98 Å². The van der Waals surface area contributed by atoms with Crippen LogP contribution in [0.4, 0.5) is 5.69 Å². The smallest absolute Gasteiger partial charge is 0.262 e. The number of rotatable bonds is 7. The van der Waals surface area contributed by atoms with Gasteiger partial charge < -0.3 is 5.32 Å². The van der Waals surface area contributed by atoms with Crippen molar-refractivity contribution in [1.29, 1.82) is 0 Å². The van der Waals surface area contributed by atoms with Gasteiger partial charge in [-0.15, -0.1) is 0 Å². The van der Waals surface area contributed by atoms with Crippen molar-refractivity contribution in [3.63, 3.8) is 0 Å². The second kappa shape index (κ2) is 9.47. The van der Waals surface area contributed by atoms with Crippen molar-refractivity contribution in [3.05, 3.63) is 63.9 Å². The van der Waals surface area contributed by atoms with Crippen molar-refractivity contribution >= 4 is 34.3 Å². The summed E-state index contributed by atoms with van der Waals surface area (Å²) in [6, 6.07) is 13.3. The molecule has 0 bridgehead atoms. The zero-order chi connectivity index (χ0) is 21.8. The Kier molecular flexibility index (Phi) is 6.98. The van der Waals surface area contributed by atoms with E-state index in [9.17, 15) is 9.59 Å². The van der Waals surface area contributed by atoms with Crippen molar-refractivity contribution in [2.75, 3.05) is 5.32 Å². The SMILES string of the molecule is Cc1cccc(C)c1NC(=O)[C@H](C)Sc1nc2ccccc2c(=O)n1CCC(C)C. The molecule has 1 N–H and O–H groups in total. The number of anilines is 1. The van der Waals surface area contributed by atoms with E-state index in [4.69, 9.17) is 4.98 Å². The molecule has 0 aliphatic carbocycles. The number of carbonyl (C=O) groups is 1. The number of carbonyl (C=O) groups excluding carboxylic acids is 1. The number of aryl methyl sites for hydroxylation is 2. The molecule has 0 spiro atoms. The minimum atomic E-state index is -0.401. The Morgan fingerprint density at radius 3 is 2.40 bits per heavy atom. The highest BCUT2D eigenvalue weighted by molar-refractivity contribution is 8.00. The highest BCUT2D eigenvalue weighted by Crippen LogP contribution is 2.26. The summed E-state index contributed by atoms with van der Waals surface area (Å²) >= 11 is 1.33. The molecule has 1 aromatic heterocycles. The number of hydrogen-bond acceptors (Lipinski definition) is 4. The number of hydrogen-bond donors (Lipinski definition) is 1. The normalized spacial score (nSPS) is 12.3. The number of para-hydroxylation sites is 2. The predicted octanol–water partition coefficient (Wildman–Crippen LogP) is 5.18. The van der Waals surface area contributed by atoms with E-state index in [0.717, 1.165) is 23.2 Å². The first-order valence-electron chi connectivity index (χ1n) is 10.3. The van der Waals surface area contributed by atoms with Crippen LogP contribution in [0.1, 0.15) is 38.3 Å². The molecular formula is C24H29N3O2S. The maximum atomic E-state index is 13.1. The largest absolute Gasteiger partial charge is 0.325 e. The molecule has 5 nitrogen and oxygen atoms in total. The third kappa shape index (κ3) is 4.93. The number of nitrogens with one attached hydrogen (secondary N) is 1. The minimum absolute atomic E-state index is 0.0499. The Morgan fingerprint density at radius 2 is 1.73 bits per heavy atom. The van der Waals surface area contributed by atoms with Gasteiger partial charge >= 0.3 is 0 Å². The molecule has 1 heterocycles. The Morgan fingerprint density at radius 1 is 1.07 bits per heavy atom. The molecule has 0 aliphatic heterocycles. The lowest BCUT2D eigenvalue weighted by molar-refractivity contribution is -0.115. The second-order valence-corrected chi connectivity index (χ2v) is 9.37. The van der Waals surface area contributed by atoms with Crippen LogP contribution in [0.2, 0.25) is 0 Å². The Bertz CT molecular complexity index is 1100. The van der Waals surface area contributed by atoms with Gasteiger partial charge in [0.2, 0.25) is 5.91 Å². The van der Waals surface area contributed by atoms with Crippen LogP contribution in [0.3, 0.4) is 0 Å².